The minimum Gasteiger partial charge on any atom is -0.326 e. The van der Waals surface area contributed by atoms with Gasteiger partial charge in [0.05, 0.1) is 11.8 Å². The van der Waals surface area contributed by atoms with Crippen LogP contribution in [0.3, 0.4) is 0 Å². The number of amides is 2. The fraction of sp³-hybridized carbons (Fsp3) is 0.263. The first-order chi connectivity index (χ1) is 11.4. The quantitative estimate of drug-likeness (QED) is 0.876. The van der Waals surface area contributed by atoms with Crippen LogP contribution in [-0.4, -0.2) is 11.8 Å². The van der Waals surface area contributed by atoms with Crippen molar-refractivity contribution in [3.63, 3.8) is 0 Å². The first kappa shape index (κ1) is 16.5. The number of anilines is 2. The van der Waals surface area contributed by atoms with Crippen molar-refractivity contribution >= 4 is 34.8 Å². The number of hydrogen-bond donors (Lipinski definition) is 2. The topological polar surface area (TPSA) is 58.2 Å². The van der Waals surface area contributed by atoms with Gasteiger partial charge in [0.15, 0.2) is 0 Å². The minimum absolute atomic E-state index is 0.105. The van der Waals surface area contributed by atoms with Gasteiger partial charge in [-0.1, -0.05) is 23.7 Å². The average Bonchev–Trinajstić information content (AvgIpc) is 3.26. The summed E-state index contributed by atoms with van der Waals surface area (Å²) in [4.78, 5) is 24.5. The lowest BCUT2D eigenvalue weighted by Gasteiger charge is -2.08. The van der Waals surface area contributed by atoms with Crippen molar-refractivity contribution in [1.29, 1.82) is 0 Å². The minimum atomic E-state index is -0.283. The molecule has 0 bridgehead atoms. The smallest absolute Gasteiger partial charge is 0.228 e. The van der Waals surface area contributed by atoms with Crippen molar-refractivity contribution in [1.82, 2.24) is 0 Å². The van der Waals surface area contributed by atoms with E-state index in [1.807, 2.05) is 32.0 Å². The van der Waals surface area contributed by atoms with E-state index < -0.39 is 0 Å². The second kappa shape index (κ2) is 6.65. The molecule has 1 saturated carbocycles. The molecule has 1 fully saturated rings. The molecule has 3 rings (SSSR count). The summed E-state index contributed by atoms with van der Waals surface area (Å²) in [6.45, 7) is 3.97. The number of carbonyl (C=O) groups is 2. The van der Waals surface area contributed by atoms with E-state index in [1.165, 1.54) is 0 Å². The zero-order valence-corrected chi connectivity index (χ0v) is 14.4. The number of nitrogens with one attached hydrogen (secondary N) is 2. The van der Waals surface area contributed by atoms with Crippen LogP contribution < -0.4 is 10.6 Å². The highest BCUT2D eigenvalue weighted by molar-refractivity contribution is 6.30. The van der Waals surface area contributed by atoms with Crippen LogP contribution in [0.25, 0.3) is 0 Å². The van der Waals surface area contributed by atoms with E-state index in [4.69, 9.17) is 11.6 Å². The normalized spacial score (nSPS) is 18.8. The van der Waals surface area contributed by atoms with Crippen LogP contribution >= 0.6 is 11.6 Å². The highest BCUT2D eigenvalue weighted by Gasteiger charge is 2.48. The number of carbonyl (C=O) groups excluding carboxylic acids is 2. The average molecular weight is 343 g/mol. The third-order valence-electron chi connectivity index (χ3n) is 4.05. The second-order valence-corrected chi connectivity index (χ2v) is 6.75. The highest BCUT2D eigenvalue weighted by Crippen LogP contribution is 2.40. The Kier molecular flexibility index (Phi) is 4.58. The highest BCUT2D eigenvalue weighted by atomic mass is 35.5. The van der Waals surface area contributed by atoms with Crippen molar-refractivity contribution in [3.05, 3.63) is 58.6 Å². The molecule has 0 heterocycles. The lowest BCUT2D eigenvalue weighted by Crippen LogP contribution is -2.20. The molecule has 0 radical (unpaired) electrons. The van der Waals surface area contributed by atoms with Crippen LogP contribution in [-0.2, 0) is 9.59 Å². The molecule has 0 aliphatic heterocycles. The molecule has 4 nitrogen and oxygen atoms in total. The third-order valence-corrected chi connectivity index (χ3v) is 4.28. The van der Waals surface area contributed by atoms with Gasteiger partial charge in [0.1, 0.15) is 0 Å². The Balaban J connectivity index is 1.58. The van der Waals surface area contributed by atoms with Gasteiger partial charge < -0.3 is 10.6 Å². The number of rotatable bonds is 4. The summed E-state index contributed by atoms with van der Waals surface area (Å²) in [5, 5.41) is 6.27. The molecular weight excluding hydrogens is 324 g/mol. The van der Waals surface area contributed by atoms with Crippen LogP contribution in [0.15, 0.2) is 42.5 Å². The molecule has 2 amide bonds. The van der Waals surface area contributed by atoms with Gasteiger partial charge >= 0.3 is 0 Å². The zero-order valence-electron chi connectivity index (χ0n) is 13.6. The molecule has 2 aromatic rings. The summed E-state index contributed by atoms with van der Waals surface area (Å²) >= 11 is 5.90. The number of halogens is 1. The predicted octanol–water partition coefficient (Wildman–Crippen LogP) is 4.17. The first-order valence-electron chi connectivity index (χ1n) is 7.88. The van der Waals surface area contributed by atoms with Crippen LogP contribution in [0.2, 0.25) is 5.02 Å². The molecule has 1 aliphatic rings. The largest absolute Gasteiger partial charge is 0.326 e. The van der Waals surface area contributed by atoms with Crippen molar-refractivity contribution in [2.45, 2.75) is 20.3 Å². The molecule has 124 valence electrons. The van der Waals surface area contributed by atoms with E-state index in [2.05, 4.69) is 10.6 Å². The summed E-state index contributed by atoms with van der Waals surface area (Å²) in [7, 11) is 0. The Morgan fingerprint density at radius 2 is 1.50 bits per heavy atom. The summed E-state index contributed by atoms with van der Waals surface area (Å²) in [6, 6.07) is 12.9. The summed E-state index contributed by atoms with van der Waals surface area (Å²) < 4.78 is 0. The third kappa shape index (κ3) is 3.95. The van der Waals surface area contributed by atoms with Gasteiger partial charge in [-0.25, -0.2) is 0 Å². The van der Waals surface area contributed by atoms with Crippen molar-refractivity contribution in [3.8, 4) is 0 Å². The maximum absolute atomic E-state index is 12.3. The predicted molar refractivity (Wildman–Crippen MR) is 96.2 cm³/mol. The van der Waals surface area contributed by atoms with Crippen molar-refractivity contribution in [2.75, 3.05) is 10.6 Å². The van der Waals surface area contributed by atoms with E-state index in [9.17, 15) is 9.59 Å². The van der Waals surface area contributed by atoms with Gasteiger partial charge in [-0.2, -0.15) is 0 Å². The van der Waals surface area contributed by atoms with Gasteiger partial charge in [-0.05, 0) is 61.7 Å². The lowest BCUT2D eigenvalue weighted by atomic mass is 10.1. The zero-order chi connectivity index (χ0) is 17.3. The van der Waals surface area contributed by atoms with Gasteiger partial charge in [0.2, 0.25) is 11.8 Å². The molecule has 0 spiro atoms. The summed E-state index contributed by atoms with van der Waals surface area (Å²) in [5.74, 6) is -0.802. The van der Waals surface area contributed by atoms with Crippen LogP contribution in [0.5, 0.6) is 0 Å². The van der Waals surface area contributed by atoms with Crippen LogP contribution in [0, 0.1) is 25.7 Å². The Labute approximate surface area is 146 Å². The molecule has 1 aliphatic carbocycles. The monoisotopic (exact) mass is 342 g/mol. The van der Waals surface area contributed by atoms with E-state index >= 15 is 0 Å². The summed E-state index contributed by atoms with van der Waals surface area (Å²) in [6.07, 6.45) is 0.572. The van der Waals surface area contributed by atoms with E-state index in [-0.39, 0.29) is 23.7 Å². The standard InChI is InChI=1S/C19H19ClN2O2/c1-11-6-12(2)8-15(7-11)22-19(24)17-10-16(17)18(23)21-14-5-3-4-13(20)9-14/h3-9,16-17H,10H2,1-2H3,(H,21,23)(H,22,24). The SMILES string of the molecule is Cc1cc(C)cc(NC(=O)C2CC2C(=O)Nc2cccc(Cl)c2)c1. The molecule has 2 unspecified atom stereocenters. The lowest BCUT2D eigenvalue weighted by molar-refractivity contribution is -0.122. The maximum atomic E-state index is 12.3. The molecule has 0 saturated heterocycles. The molecule has 24 heavy (non-hydrogen) atoms. The van der Waals surface area contributed by atoms with E-state index in [0.717, 1.165) is 16.8 Å². The number of aryl methyl sites for hydroxylation is 2. The number of hydrogen-bond acceptors (Lipinski definition) is 2. The van der Waals surface area contributed by atoms with Crippen LogP contribution in [0.1, 0.15) is 17.5 Å². The van der Waals surface area contributed by atoms with Crippen molar-refractivity contribution < 1.29 is 9.59 Å². The van der Waals surface area contributed by atoms with Gasteiger partial charge in [-0.3, -0.25) is 9.59 Å². The van der Waals surface area contributed by atoms with Crippen LogP contribution in [0.4, 0.5) is 11.4 Å². The van der Waals surface area contributed by atoms with E-state index in [1.54, 1.807) is 24.3 Å². The van der Waals surface area contributed by atoms with Gasteiger partial charge in [0, 0.05) is 16.4 Å². The first-order valence-corrected chi connectivity index (χ1v) is 8.26. The van der Waals surface area contributed by atoms with Gasteiger partial charge in [-0.15, -0.1) is 0 Å². The molecule has 0 aromatic heterocycles. The Morgan fingerprint density at radius 3 is 2.08 bits per heavy atom. The van der Waals surface area contributed by atoms with Crippen molar-refractivity contribution in [2.24, 2.45) is 11.8 Å². The fourth-order valence-corrected chi connectivity index (χ4v) is 3.05. The fourth-order valence-electron chi connectivity index (χ4n) is 2.86. The molecule has 2 N–H and O–H groups in total. The second-order valence-electron chi connectivity index (χ2n) is 6.31. The maximum Gasteiger partial charge on any atom is 0.228 e. The molecular formula is C19H19ClN2O2. The molecule has 5 heteroatoms. The number of benzene rings is 2. The van der Waals surface area contributed by atoms with Gasteiger partial charge in [0.25, 0.3) is 0 Å². The van der Waals surface area contributed by atoms with E-state index in [0.29, 0.717) is 17.1 Å². The molecule has 2 atom stereocenters. The molecule has 2 aromatic carbocycles. The Bertz CT molecular complexity index is 783. The summed E-state index contributed by atoms with van der Waals surface area (Å²) in [5.41, 5.74) is 3.61. The Hall–Kier alpha value is -2.33. The Morgan fingerprint density at radius 1 is 0.917 bits per heavy atom.